The number of amides is 1. The van der Waals surface area contributed by atoms with Crippen LogP contribution >= 0.6 is 0 Å². The van der Waals surface area contributed by atoms with Crippen LogP contribution in [0, 0.1) is 5.82 Å². The molecule has 0 saturated heterocycles. The van der Waals surface area contributed by atoms with E-state index < -0.39 is 11.4 Å². The van der Waals surface area contributed by atoms with Crippen molar-refractivity contribution in [1.29, 1.82) is 0 Å². The summed E-state index contributed by atoms with van der Waals surface area (Å²) in [5, 5.41) is 6.76. The molecule has 0 spiro atoms. The fraction of sp³-hybridized carbons (Fsp3) is 0.143. The summed E-state index contributed by atoms with van der Waals surface area (Å²) in [6.07, 6.45) is 1.23. The topological polar surface area (TPSA) is 108 Å². The van der Waals surface area contributed by atoms with Crippen LogP contribution in [-0.2, 0) is 17.9 Å². The Morgan fingerprint density at radius 2 is 1.94 bits per heavy atom. The molecule has 2 aromatic heterocycles. The van der Waals surface area contributed by atoms with Crippen molar-refractivity contribution in [2.75, 3.05) is 6.79 Å². The monoisotopic (exact) mass is 422 g/mol. The summed E-state index contributed by atoms with van der Waals surface area (Å²) in [6.45, 7) is 0.195. The molecule has 0 atom stereocenters. The smallest absolute Gasteiger partial charge is 0.267 e. The molecule has 3 heterocycles. The van der Waals surface area contributed by atoms with Gasteiger partial charge in [-0.25, -0.2) is 9.37 Å². The lowest BCUT2D eigenvalue weighted by Gasteiger charge is -2.08. The molecule has 0 unspecified atom stereocenters. The molecule has 0 saturated carbocycles. The van der Waals surface area contributed by atoms with Gasteiger partial charge < -0.3 is 19.3 Å². The number of hydrogen-bond donors (Lipinski definition) is 1. The number of nitrogens with zero attached hydrogens (tertiary/aromatic N) is 3. The van der Waals surface area contributed by atoms with Crippen molar-refractivity contribution in [3.05, 3.63) is 70.5 Å². The maximum Gasteiger partial charge on any atom is 0.267 e. The first-order valence-corrected chi connectivity index (χ1v) is 9.34. The van der Waals surface area contributed by atoms with Gasteiger partial charge in [0.25, 0.3) is 11.3 Å². The predicted molar refractivity (Wildman–Crippen MR) is 106 cm³/mol. The van der Waals surface area contributed by atoms with Crippen molar-refractivity contribution in [3.8, 4) is 22.8 Å². The minimum Gasteiger partial charge on any atom is -0.454 e. The van der Waals surface area contributed by atoms with Crippen LogP contribution in [0.25, 0.3) is 22.4 Å². The van der Waals surface area contributed by atoms with E-state index in [4.69, 9.17) is 14.0 Å². The zero-order valence-corrected chi connectivity index (χ0v) is 16.0. The van der Waals surface area contributed by atoms with Gasteiger partial charge in [-0.05, 0) is 42.0 Å². The number of carbonyl (C=O) groups excluding carboxylic acids is 1. The first kappa shape index (κ1) is 18.8. The van der Waals surface area contributed by atoms with E-state index in [0.717, 1.165) is 5.56 Å². The largest absolute Gasteiger partial charge is 0.454 e. The van der Waals surface area contributed by atoms with Crippen LogP contribution < -0.4 is 20.3 Å². The van der Waals surface area contributed by atoms with E-state index in [1.807, 2.05) is 6.07 Å². The van der Waals surface area contributed by atoms with Gasteiger partial charge in [0.2, 0.25) is 12.7 Å². The molecule has 0 bridgehead atoms. The van der Waals surface area contributed by atoms with E-state index >= 15 is 0 Å². The number of fused-ring (bicyclic) bond motifs is 2. The van der Waals surface area contributed by atoms with E-state index in [2.05, 4.69) is 15.5 Å². The summed E-state index contributed by atoms with van der Waals surface area (Å²) in [7, 11) is 0. The van der Waals surface area contributed by atoms with Gasteiger partial charge in [-0.1, -0.05) is 11.2 Å². The number of halogens is 1. The van der Waals surface area contributed by atoms with Gasteiger partial charge in [0.15, 0.2) is 11.5 Å². The summed E-state index contributed by atoms with van der Waals surface area (Å²) < 4.78 is 30.1. The number of rotatable bonds is 5. The van der Waals surface area contributed by atoms with E-state index in [1.165, 1.54) is 35.2 Å². The number of hydrogen-bond acceptors (Lipinski definition) is 7. The summed E-state index contributed by atoms with van der Waals surface area (Å²) in [5.41, 5.74) is 1.13. The molecule has 1 aliphatic heterocycles. The molecular formula is C21H15FN4O5. The number of ether oxygens (including phenoxy) is 2. The standard InChI is InChI=1S/C21H15FN4O5/c22-14-4-2-13(3-5-14)19-18-20(31-25-19)24-10-26(21(18)28)9-17(27)23-8-12-1-6-15-16(7-12)30-11-29-15/h1-7,10H,8-9,11H2,(H,23,27). The molecule has 31 heavy (non-hydrogen) atoms. The molecule has 1 amide bonds. The molecule has 156 valence electrons. The lowest BCUT2D eigenvalue weighted by molar-refractivity contribution is -0.121. The number of benzene rings is 2. The average molecular weight is 422 g/mol. The Morgan fingerprint density at radius 3 is 2.77 bits per heavy atom. The average Bonchev–Trinajstić information content (AvgIpc) is 3.42. The van der Waals surface area contributed by atoms with Crippen molar-refractivity contribution in [2.45, 2.75) is 13.1 Å². The molecule has 0 aliphatic carbocycles. The van der Waals surface area contributed by atoms with Crippen molar-refractivity contribution in [3.63, 3.8) is 0 Å². The third-order valence-corrected chi connectivity index (χ3v) is 4.82. The molecule has 2 aromatic carbocycles. The Balaban J connectivity index is 1.34. The zero-order chi connectivity index (χ0) is 21.4. The number of nitrogens with one attached hydrogen (secondary N) is 1. The highest BCUT2D eigenvalue weighted by Gasteiger charge is 2.18. The molecular weight excluding hydrogens is 407 g/mol. The molecule has 0 fully saturated rings. The van der Waals surface area contributed by atoms with Crippen LogP contribution in [0.2, 0.25) is 0 Å². The van der Waals surface area contributed by atoms with Gasteiger partial charge in [0, 0.05) is 12.1 Å². The highest BCUT2D eigenvalue weighted by molar-refractivity contribution is 5.88. The van der Waals surface area contributed by atoms with Crippen LogP contribution in [-0.4, -0.2) is 27.4 Å². The van der Waals surface area contributed by atoms with E-state index in [1.54, 1.807) is 12.1 Å². The Kier molecular flexibility index (Phi) is 4.58. The molecule has 9 nitrogen and oxygen atoms in total. The Morgan fingerprint density at radius 1 is 1.13 bits per heavy atom. The fourth-order valence-corrected chi connectivity index (χ4v) is 3.26. The predicted octanol–water partition coefficient (Wildman–Crippen LogP) is 2.24. The van der Waals surface area contributed by atoms with E-state index in [9.17, 15) is 14.0 Å². The zero-order valence-electron chi connectivity index (χ0n) is 16.0. The summed E-state index contributed by atoms with van der Waals surface area (Å²) in [4.78, 5) is 29.4. The van der Waals surface area contributed by atoms with Crippen LogP contribution in [0.4, 0.5) is 4.39 Å². The highest BCUT2D eigenvalue weighted by Crippen LogP contribution is 2.32. The van der Waals surface area contributed by atoms with Crippen LogP contribution in [0.3, 0.4) is 0 Å². The van der Waals surface area contributed by atoms with Crippen molar-refractivity contribution < 1.29 is 23.2 Å². The number of aromatic nitrogens is 3. The van der Waals surface area contributed by atoms with Crippen LogP contribution in [0.5, 0.6) is 11.5 Å². The molecule has 1 aliphatic rings. The fourth-order valence-electron chi connectivity index (χ4n) is 3.26. The summed E-state index contributed by atoms with van der Waals surface area (Å²) in [6, 6.07) is 10.9. The minimum atomic E-state index is -0.483. The molecule has 1 N–H and O–H groups in total. The Labute approximate surface area is 174 Å². The first-order valence-electron chi connectivity index (χ1n) is 9.34. The summed E-state index contributed by atoms with van der Waals surface area (Å²) >= 11 is 0. The van der Waals surface area contributed by atoms with Crippen molar-refractivity contribution >= 4 is 17.0 Å². The second-order valence-corrected chi connectivity index (χ2v) is 6.86. The van der Waals surface area contributed by atoms with Gasteiger partial charge in [-0.3, -0.25) is 14.2 Å². The van der Waals surface area contributed by atoms with Crippen molar-refractivity contribution in [1.82, 2.24) is 20.0 Å². The highest BCUT2D eigenvalue weighted by atomic mass is 19.1. The second-order valence-electron chi connectivity index (χ2n) is 6.86. The van der Waals surface area contributed by atoms with Crippen LogP contribution in [0.15, 0.2) is 58.1 Å². The lowest BCUT2D eigenvalue weighted by atomic mass is 10.1. The molecule has 0 radical (unpaired) electrons. The quantitative estimate of drug-likeness (QED) is 0.525. The first-order chi connectivity index (χ1) is 15.1. The van der Waals surface area contributed by atoms with Gasteiger partial charge in [-0.2, -0.15) is 0 Å². The minimum absolute atomic E-state index is 0.0429. The van der Waals surface area contributed by atoms with Crippen molar-refractivity contribution in [2.24, 2.45) is 0 Å². The Hall–Kier alpha value is -4.21. The van der Waals surface area contributed by atoms with E-state index in [-0.39, 0.29) is 42.6 Å². The van der Waals surface area contributed by atoms with Crippen LogP contribution in [0.1, 0.15) is 5.56 Å². The lowest BCUT2D eigenvalue weighted by Crippen LogP contribution is -2.32. The van der Waals surface area contributed by atoms with Gasteiger partial charge in [-0.15, -0.1) is 0 Å². The maximum atomic E-state index is 13.2. The van der Waals surface area contributed by atoms with Gasteiger partial charge in [0.1, 0.15) is 29.8 Å². The third-order valence-electron chi connectivity index (χ3n) is 4.82. The second kappa shape index (κ2) is 7.56. The molecule has 10 heteroatoms. The number of carbonyl (C=O) groups is 1. The molecule has 4 aromatic rings. The molecule has 5 rings (SSSR count). The summed E-state index contributed by atoms with van der Waals surface area (Å²) in [5.74, 6) is 0.497. The van der Waals surface area contributed by atoms with Gasteiger partial charge in [0.05, 0.1) is 0 Å². The third kappa shape index (κ3) is 3.59. The maximum absolute atomic E-state index is 13.2. The normalized spacial score (nSPS) is 12.3. The Bertz CT molecular complexity index is 1350. The SMILES string of the molecule is O=C(Cn1cnc2onc(-c3ccc(F)cc3)c2c1=O)NCc1ccc2c(c1)OCO2. The van der Waals surface area contributed by atoms with Gasteiger partial charge >= 0.3 is 0 Å². The van der Waals surface area contributed by atoms with E-state index in [0.29, 0.717) is 17.1 Å².